The molecule has 4 nitrogen and oxygen atoms in total. The third-order valence-corrected chi connectivity index (χ3v) is 5.00. The Morgan fingerprint density at radius 2 is 1.96 bits per heavy atom. The molecule has 1 aromatic rings. The van der Waals surface area contributed by atoms with Crippen LogP contribution in [0.2, 0.25) is 0 Å². The normalized spacial score (nSPS) is 18.3. The number of carbonyl (C=O) groups is 2. The van der Waals surface area contributed by atoms with E-state index in [-0.39, 0.29) is 11.8 Å². The second kappa shape index (κ2) is 8.45. The van der Waals surface area contributed by atoms with E-state index in [1.807, 2.05) is 57.2 Å². The van der Waals surface area contributed by atoms with Crippen molar-refractivity contribution >= 4 is 46.3 Å². The Balaban J connectivity index is 2.25. The Labute approximate surface area is 157 Å². The molecule has 1 saturated heterocycles. The second-order valence-electron chi connectivity index (χ2n) is 6.33. The largest absolute Gasteiger partial charge is 0.480 e. The summed E-state index contributed by atoms with van der Waals surface area (Å²) in [7, 11) is 0. The molecule has 0 aromatic heterocycles. The van der Waals surface area contributed by atoms with Crippen LogP contribution in [-0.4, -0.2) is 32.2 Å². The van der Waals surface area contributed by atoms with Crippen LogP contribution in [0.4, 0.5) is 0 Å². The zero-order chi connectivity index (χ0) is 18.6. The topological polar surface area (TPSA) is 57.6 Å². The Morgan fingerprint density at radius 1 is 1.32 bits per heavy atom. The van der Waals surface area contributed by atoms with E-state index in [4.69, 9.17) is 12.2 Å². The number of benzene rings is 1. The zero-order valence-corrected chi connectivity index (χ0v) is 16.1. The molecule has 1 fully saturated rings. The average Bonchev–Trinajstić information content (AvgIpc) is 2.79. The number of carbonyl (C=O) groups excluding carboxylic acids is 1. The van der Waals surface area contributed by atoms with Crippen LogP contribution in [0.3, 0.4) is 0 Å². The molecule has 0 aliphatic carbocycles. The maximum Gasteiger partial charge on any atom is 0.326 e. The first-order valence-corrected chi connectivity index (χ1v) is 9.25. The van der Waals surface area contributed by atoms with E-state index < -0.39 is 12.0 Å². The highest BCUT2D eigenvalue weighted by molar-refractivity contribution is 8.26. The number of amides is 1. The molecule has 0 radical (unpaired) electrons. The summed E-state index contributed by atoms with van der Waals surface area (Å²) < 4.78 is 0.303. The lowest BCUT2D eigenvalue weighted by Gasteiger charge is -2.24. The summed E-state index contributed by atoms with van der Waals surface area (Å²) in [6.07, 6.45) is 4.10. The lowest BCUT2D eigenvalue weighted by Crippen LogP contribution is -2.44. The van der Waals surface area contributed by atoms with Crippen molar-refractivity contribution < 1.29 is 14.7 Å². The van der Waals surface area contributed by atoms with Crippen LogP contribution in [-0.2, 0) is 9.59 Å². The summed E-state index contributed by atoms with van der Waals surface area (Å²) in [4.78, 5) is 26.0. The molecule has 0 saturated carbocycles. The van der Waals surface area contributed by atoms with E-state index >= 15 is 0 Å². The van der Waals surface area contributed by atoms with Crippen LogP contribution < -0.4 is 0 Å². The van der Waals surface area contributed by atoms with Crippen LogP contribution in [0.5, 0.6) is 0 Å². The van der Waals surface area contributed by atoms with Gasteiger partial charge in [0.1, 0.15) is 10.4 Å². The van der Waals surface area contributed by atoms with E-state index in [1.165, 1.54) is 4.90 Å². The minimum atomic E-state index is -1.03. The van der Waals surface area contributed by atoms with E-state index in [9.17, 15) is 14.7 Å². The molecule has 1 aliphatic heterocycles. The molecule has 1 N–H and O–H groups in total. The summed E-state index contributed by atoms with van der Waals surface area (Å²) in [6, 6.07) is 8.87. The van der Waals surface area contributed by atoms with Crippen LogP contribution in [0, 0.1) is 5.92 Å². The van der Waals surface area contributed by atoms with Crippen molar-refractivity contribution in [2.75, 3.05) is 0 Å². The van der Waals surface area contributed by atoms with E-state index in [1.54, 1.807) is 6.08 Å². The Morgan fingerprint density at radius 3 is 2.52 bits per heavy atom. The van der Waals surface area contributed by atoms with Crippen molar-refractivity contribution in [3.05, 3.63) is 52.4 Å². The SMILES string of the molecule is CC(=Cc1ccccc1)C=C1SC(=S)N(C(CC(C)C)C(=O)O)C1=O. The number of rotatable bonds is 6. The molecule has 1 aliphatic rings. The number of carboxylic acids is 1. The van der Waals surface area contributed by atoms with Crippen molar-refractivity contribution in [1.82, 2.24) is 4.90 Å². The van der Waals surface area contributed by atoms with Crippen molar-refractivity contribution in [2.45, 2.75) is 33.2 Å². The van der Waals surface area contributed by atoms with Gasteiger partial charge in [-0.1, -0.05) is 74.2 Å². The lowest BCUT2D eigenvalue weighted by molar-refractivity contribution is -0.145. The molecular formula is C19H21NO3S2. The number of hydrogen-bond donors (Lipinski definition) is 1. The number of thioether (sulfide) groups is 1. The highest BCUT2D eigenvalue weighted by Crippen LogP contribution is 2.34. The fourth-order valence-corrected chi connectivity index (χ4v) is 3.98. The number of hydrogen-bond acceptors (Lipinski definition) is 4. The number of carboxylic acid groups (broad SMARTS) is 1. The Hall–Kier alpha value is -1.92. The van der Waals surface area contributed by atoms with Crippen LogP contribution in [0.15, 0.2) is 46.9 Å². The minimum absolute atomic E-state index is 0.148. The lowest BCUT2D eigenvalue weighted by atomic mass is 10.0. The molecule has 0 bridgehead atoms. The maximum atomic E-state index is 12.7. The molecule has 6 heteroatoms. The minimum Gasteiger partial charge on any atom is -0.480 e. The molecule has 0 spiro atoms. The van der Waals surface area contributed by atoms with Gasteiger partial charge in [-0.3, -0.25) is 9.69 Å². The van der Waals surface area contributed by atoms with Gasteiger partial charge in [-0.2, -0.15) is 0 Å². The quantitative estimate of drug-likeness (QED) is 0.592. The fourth-order valence-electron chi connectivity index (χ4n) is 2.57. The van der Waals surface area contributed by atoms with Gasteiger partial charge in [0.2, 0.25) is 0 Å². The van der Waals surface area contributed by atoms with E-state index in [0.717, 1.165) is 22.9 Å². The molecule has 1 heterocycles. The summed E-state index contributed by atoms with van der Waals surface area (Å²) in [5, 5.41) is 9.49. The smallest absolute Gasteiger partial charge is 0.326 e. The van der Waals surface area contributed by atoms with Gasteiger partial charge in [0.05, 0.1) is 4.91 Å². The number of thiocarbonyl (C=S) groups is 1. The van der Waals surface area contributed by atoms with E-state index in [0.29, 0.717) is 15.6 Å². The summed E-state index contributed by atoms with van der Waals surface area (Å²) in [5.74, 6) is -1.21. The number of allylic oxidation sites excluding steroid dienone is 2. The van der Waals surface area contributed by atoms with E-state index in [2.05, 4.69) is 0 Å². The van der Waals surface area contributed by atoms with Crippen LogP contribution in [0.1, 0.15) is 32.8 Å². The van der Waals surface area contributed by atoms with Gasteiger partial charge in [0.25, 0.3) is 5.91 Å². The van der Waals surface area contributed by atoms with Crippen LogP contribution >= 0.6 is 24.0 Å². The van der Waals surface area contributed by atoms with Crippen molar-refractivity contribution in [1.29, 1.82) is 0 Å². The molecule has 1 aromatic carbocycles. The summed E-state index contributed by atoms with van der Waals surface area (Å²) in [6.45, 7) is 5.76. The maximum absolute atomic E-state index is 12.7. The molecule has 1 amide bonds. The second-order valence-corrected chi connectivity index (χ2v) is 8.01. The Kier molecular flexibility index (Phi) is 6.56. The van der Waals surface area contributed by atoms with Gasteiger partial charge in [0, 0.05) is 0 Å². The fraction of sp³-hybridized carbons (Fsp3) is 0.316. The Bertz CT molecular complexity index is 738. The first kappa shape index (κ1) is 19.4. The van der Waals surface area contributed by atoms with Gasteiger partial charge >= 0.3 is 5.97 Å². The molecule has 132 valence electrons. The number of aliphatic carboxylic acids is 1. The average molecular weight is 376 g/mol. The molecule has 1 atom stereocenters. The zero-order valence-electron chi connectivity index (χ0n) is 14.4. The predicted octanol–water partition coefficient (Wildman–Crippen LogP) is 4.33. The monoisotopic (exact) mass is 375 g/mol. The highest BCUT2D eigenvalue weighted by atomic mass is 32.2. The van der Waals surface area contributed by atoms with Crippen molar-refractivity contribution in [3.63, 3.8) is 0 Å². The van der Waals surface area contributed by atoms with Gasteiger partial charge in [0.15, 0.2) is 0 Å². The third kappa shape index (κ3) is 5.03. The molecular weight excluding hydrogens is 354 g/mol. The van der Waals surface area contributed by atoms with Gasteiger partial charge in [-0.25, -0.2) is 4.79 Å². The summed E-state index contributed by atoms with van der Waals surface area (Å²) >= 11 is 6.43. The standard InChI is InChI=1S/C19H21NO3S2/c1-12(2)9-15(18(22)23)20-17(21)16(25-19(20)24)11-13(3)10-14-7-5-4-6-8-14/h4-8,10-12,15H,9H2,1-3H3,(H,22,23). The van der Waals surface area contributed by atoms with Gasteiger partial charge in [-0.05, 0) is 36.5 Å². The van der Waals surface area contributed by atoms with Crippen molar-refractivity contribution in [2.24, 2.45) is 5.92 Å². The first-order valence-electron chi connectivity index (χ1n) is 8.02. The molecule has 2 rings (SSSR count). The van der Waals surface area contributed by atoms with Gasteiger partial charge in [-0.15, -0.1) is 0 Å². The highest BCUT2D eigenvalue weighted by Gasteiger charge is 2.40. The van der Waals surface area contributed by atoms with Gasteiger partial charge < -0.3 is 5.11 Å². The molecule has 1 unspecified atom stereocenters. The van der Waals surface area contributed by atoms with Crippen LogP contribution in [0.25, 0.3) is 6.08 Å². The van der Waals surface area contributed by atoms with Crippen molar-refractivity contribution in [3.8, 4) is 0 Å². The number of nitrogens with zero attached hydrogens (tertiary/aromatic N) is 1. The first-order chi connectivity index (χ1) is 11.8. The molecule has 25 heavy (non-hydrogen) atoms. The third-order valence-electron chi connectivity index (χ3n) is 3.67. The predicted molar refractivity (Wildman–Crippen MR) is 106 cm³/mol. The summed E-state index contributed by atoms with van der Waals surface area (Å²) in [5.41, 5.74) is 1.94.